The molecular weight excluding hydrogens is 303 g/mol. The summed E-state index contributed by atoms with van der Waals surface area (Å²) >= 11 is 1.19. The normalized spacial score (nSPS) is 11.7. The molecule has 0 radical (unpaired) electrons. The van der Waals surface area contributed by atoms with Gasteiger partial charge in [-0.05, 0) is 30.2 Å². The zero-order chi connectivity index (χ0) is 15.5. The Balaban J connectivity index is 2.02. The van der Waals surface area contributed by atoms with E-state index in [4.69, 9.17) is 4.74 Å². The van der Waals surface area contributed by atoms with Crippen molar-refractivity contribution in [1.82, 2.24) is 9.36 Å². The van der Waals surface area contributed by atoms with Crippen LogP contribution in [0.5, 0.6) is 0 Å². The molecule has 0 spiro atoms. The van der Waals surface area contributed by atoms with Gasteiger partial charge in [0.25, 0.3) is 0 Å². The maximum Gasteiger partial charge on any atom is 0.416 e. The summed E-state index contributed by atoms with van der Waals surface area (Å²) in [6, 6.07) is 3.70. The fourth-order valence-electron chi connectivity index (χ4n) is 1.75. The molecule has 0 saturated heterocycles. The third kappa shape index (κ3) is 4.15. The lowest BCUT2D eigenvalue weighted by Crippen LogP contribution is -2.07. The highest BCUT2D eigenvalue weighted by atomic mass is 32.1. The molecule has 1 aromatic carbocycles. The molecule has 21 heavy (non-hydrogen) atoms. The van der Waals surface area contributed by atoms with Crippen molar-refractivity contribution in [1.29, 1.82) is 0 Å². The van der Waals surface area contributed by atoms with Gasteiger partial charge >= 0.3 is 6.18 Å². The molecule has 1 aromatic heterocycles. The fraction of sp³-hybridized carbons (Fsp3) is 0.385. The fourth-order valence-corrected chi connectivity index (χ4v) is 2.32. The van der Waals surface area contributed by atoms with Crippen molar-refractivity contribution in [3.8, 4) is 0 Å². The number of halogens is 3. The topological polar surface area (TPSA) is 47.0 Å². The molecule has 0 bridgehead atoms. The number of hydrogen-bond donors (Lipinski definition) is 1. The molecule has 2 aromatic rings. The highest BCUT2D eigenvalue weighted by Gasteiger charge is 2.30. The van der Waals surface area contributed by atoms with Crippen LogP contribution in [-0.2, 0) is 24.1 Å². The van der Waals surface area contributed by atoms with Crippen LogP contribution in [-0.4, -0.2) is 16.5 Å². The number of anilines is 1. The molecule has 0 amide bonds. The van der Waals surface area contributed by atoms with Crippen LogP contribution >= 0.6 is 11.5 Å². The van der Waals surface area contributed by atoms with Crippen molar-refractivity contribution >= 4 is 16.7 Å². The Morgan fingerprint density at radius 1 is 1.33 bits per heavy atom. The van der Waals surface area contributed by atoms with E-state index in [0.29, 0.717) is 29.7 Å². The lowest BCUT2D eigenvalue weighted by Gasteiger charge is -2.11. The zero-order valence-corrected chi connectivity index (χ0v) is 12.3. The number of aromatic nitrogens is 2. The van der Waals surface area contributed by atoms with Gasteiger partial charge in [0.15, 0.2) is 5.82 Å². The average Bonchev–Trinajstić information content (AvgIpc) is 2.84. The second-order valence-corrected chi connectivity index (χ2v) is 5.19. The molecule has 0 aliphatic rings. The minimum atomic E-state index is -4.31. The molecule has 0 aliphatic heterocycles. The first-order chi connectivity index (χ1) is 9.90. The van der Waals surface area contributed by atoms with Crippen molar-refractivity contribution in [3.05, 3.63) is 40.7 Å². The Morgan fingerprint density at radius 2 is 2.10 bits per heavy atom. The SMILES string of the molecule is COCc1nsc(NCc2ccc(C(F)(F)F)cc2C)n1. The van der Waals surface area contributed by atoms with Gasteiger partial charge in [-0.15, -0.1) is 0 Å². The standard InChI is InChI=1S/C13H14F3N3OS/c1-8-5-10(13(14,15)16)4-3-9(8)6-17-12-18-11(7-20-2)19-21-12/h3-5H,6-7H2,1-2H3,(H,17,18,19). The quantitative estimate of drug-likeness (QED) is 0.915. The minimum Gasteiger partial charge on any atom is -0.377 e. The molecular formula is C13H14F3N3OS. The van der Waals surface area contributed by atoms with E-state index in [-0.39, 0.29) is 0 Å². The summed E-state index contributed by atoms with van der Waals surface area (Å²) in [6.45, 7) is 2.38. The number of hydrogen-bond acceptors (Lipinski definition) is 5. The maximum atomic E-state index is 12.6. The monoisotopic (exact) mass is 317 g/mol. The number of nitrogens with zero attached hydrogens (tertiary/aromatic N) is 2. The Labute approximate surface area is 124 Å². The zero-order valence-electron chi connectivity index (χ0n) is 11.5. The van der Waals surface area contributed by atoms with Crippen molar-refractivity contribution in [2.45, 2.75) is 26.3 Å². The van der Waals surface area contributed by atoms with Crippen LogP contribution in [0.25, 0.3) is 0 Å². The molecule has 0 fully saturated rings. The Bertz CT molecular complexity index is 613. The summed E-state index contributed by atoms with van der Waals surface area (Å²) in [5, 5.41) is 3.66. The largest absolute Gasteiger partial charge is 0.416 e. The van der Waals surface area contributed by atoms with Gasteiger partial charge in [-0.25, -0.2) is 4.98 Å². The molecule has 1 heterocycles. The number of ether oxygens (including phenoxy) is 1. The Morgan fingerprint density at radius 3 is 2.71 bits per heavy atom. The van der Waals surface area contributed by atoms with Crippen molar-refractivity contribution in [2.24, 2.45) is 0 Å². The number of aryl methyl sites for hydroxylation is 1. The average molecular weight is 317 g/mol. The number of benzene rings is 1. The molecule has 0 unspecified atom stereocenters. The Kier molecular flexibility index (Phi) is 4.79. The highest BCUT2D eigenvalue weighted by Crippen LogP contribution is 2.30. The molecule has 4 nitrogen and oxygen atoms in total. The third-order valence-electron chi connectivity index (χ3n) is 2.84. The molecule has 0 atom stereocenters. The van der Waals surface area contributed by atoms with Crippen LogP contribution in [0.15, 0.2) is 18.2 Å². The van der Waals surface area contributed by atoms with E-state index >= 15 is 0 Å². The minimum absolute atomic E-state index is 0.331. The third-order valence-corrected chi connectivity index (χ3v) is 3.55. The molecule has 114 valence electrons. The van der Waals surface area contributed by atoms with Gasteiger partial charge < -0.3 is 10.1 Å². The second kappa shape index (κ2) is 6.40. The first-order valence-electron chi connectivity index (χ1n) is 6.12. The summed E-state index contributed by atoms with van der Waals surface area (Å²) < 4.78 is 46.7. The lowest BCUT2D eigenvalue weighted by atomic mass is 10.0. The smallest absolute Gasteiger partial charge is 0.377 e. The van der Waals surface area contributed by atoms with Crippen molar-refractivity contribution < 1.29 is 17.9 Å². The predicted molar refractivity (Wildman–Crippen MR) is 74.1 cm³/mol. The van der Waals surface area contributed by atoms with Crippen LogP contribution in [0.4, 0.5) is 18.3 Å². The first-order valence-corrected chi connectivity index (χ1v) is 6.89. The van der Waals surface area contributed by atoms with E-state index in [1.165, 1.54) is 17.6 Å². The summed E-state index contributed by atoms with van der Waals surface area (Å²) in [4.78, 5) is 4.19. The summed E-state index contributed by atoms with van der Waals surface area (Å²) in [7, 11) is 1.56. The second-order valence-electron chi connectivity index (χ2n) is 4.44. The van der Waals surface area contributed by atoms with E-state index in [2.05, 4.69) is 14.7 Å². The number of methoxy groups -OCH3 is 1. The summed E-state index contributed by atoms with van der Waals surface area (Å²) in [5.74, 6) is 0.578. The van der Waals surface area contributed by atoms with Gasteiger partial charge in [-0.2, -0.15) is 17.5 Å². The lowest BCUT2D eigenvalue weighted by molar-refractivity contribution is -0.137. The predicted octanol–water partition coefficient (Wildman–Crippen LogP) is 3.62. The molecule has 0 aliphatic carbocycles. The van der Waals surface area contributed by atoms with Crippen molar-refractivity contribution in [3.63, 3.8) is 0 Å². The highest BCUT2D eigenvalue weighted by molar-refractivity contribution is 7.09. The van der Waals surface area contributed by atoms with E-state index in [0.717, 1.165) is 17.7 Å². The van der Waals surface area contributed by atoms with Gasteiger partial charge in [0.2, 0.25) is 5.13 Å². The van der Waals surface area contributed by atoms with Crippen LogP contribution in [0, 0.1) is 6.92 Å². The van der Waals surface area contributed by atoms with Crippen LogP contribution in [0.2, 0.25) is 0 Å². The van der Waals surface area contributed by atoms with Crippen molar-refractivity contribution in [2.75, 3.05) is 12.4 Å². The number of alkyl halides is 3. The van der Waals surface area contributed by atoms with Crippen LogP contribution < -0.4 is 5.32 Å². The maximum absolute atomic E-state index is 12.6. The van der Waals surface area contributed by atoms with Gasteiger partial charge in [0.1, 0.15) is 6.61 Å². The summed E-state index contributed by atoms with van der Waals surface area (Å²) in [5.41, 5.74) is 0.729. The van der Waals surface area contributed by atoms with Crippen LogP contribution in [0.3, 0.4) is 0 Å². The van der Waals surface area contributed by atoms with E-state index in [1.54, 1.807) is 14.0 Å². The molecule has 1 N–H and O–H groups in total. The first kappa shape index (κ1) is 15.7. The summed E-state index contributed by atoms with van der Waals surface area (Å²) in [6.07, 6.45) is -4.31. The van der Waals surface area contributed by atoms with E-state index in [9.17, 15) is 13.2 Å². The van der Waals surface area contributed by atoms with E-state index in [1.807, 2.05) is 0 Å². The molecule has 0 saturated carbocycles. The van der Waals surface area contributed by atoms with Gasteiger partial charge in [-0.3, -0.25) is 0 Å². The Hall–Kier alpha value is -1.67. The number of nitrogens with one attached hydrogen (secondary N) is 1. The van der Waals surface area contributed by atoms with Gasteiger partial charge in [0.05, 0.1) is 5.56 Å². The van der Waals surface area contributed by atoms with Gasteiger partial charge in [-0.1, -0.05) is 6.07 Å². The molecule has 2 rings (SSSR count). The van der Waals surface area contributed by atoms with E-state index < -0.39 is 11.7 Å². The van der Waals surface area contributed by atoms with Crippen LogP contribution in [0.1, 0.15) is 22.5 Å². The number of rotatable bonds is 5. The van der Waals surface area contributed by atoms with Gasteiger partial charge in [0, 0.05) is 25.2 Å². The molecule has 8 heteroatoms.